The lowest BCUT2D eigenvalue weighted by Gasteiger charge is -2.12. The van der Waals surface area contributed by atoms with Gasteiger partial charge in [0.2, 0.25) is 0 Å². The summed E-state index contributed by atoms with van der Waals surface area (Å²) in [4.78, 5) is 12.3. The second kappa shape index (κ2) is 7.97. The van der Waals surface area contributed by atoms with Crippen molar-refractivity contribution < 1.29 is 14.3 Å². The van der Waals surface area contributed by atoms with Gasteiger partial charge in [-0.1, -0.05) is 19.9 Å². The summed E-state index contributed by atoms with van der Waals surface area (Å²) in [5.74, 6) is 1.23. The molecule has 3 nitrogen and oxygen atoms in total. The Balaban J connectivity index is 2.18. The number of rotatable bonds is 5. The normalized spacial score (nSPS) is 11.9. The number of hydrogen-bond donors (Lipinski definition) is 0. The largest absolute Gasteiger partial charge is 0.496 e. The van der Waals surface area contributed by atoms with E-state index < -0.39 is 5.97 Å². The van der Waals surface area contributed by atoms with E-state index in [9.17, 15) is 4.79 Å². The molecule has 1 unspecified atom stereocenters. The van der Waals surface area contributed by atoms with Crippen LogP contribution in [0.2, 0.25) is 0 Å². The van der Waals surface area contributed by atoms with E-state index in [1.54, 1.807) is 25.3 Å². The summed E-state index contributed by atoms with van der Waals surface area (Å²) in [6.07, 6.45) is 1.06. The fourth-order valence-corrected chi connectivity index (χ4v) is 3.11. The zero-order chi connectivity index (χ0) is 17.0. The molecule has 0 saturated heterocycles. The third-order valence-electron chi connectivity index (χ3n) is 3.73. The highest BCUT2D eigenvalue weighted by atomic mass is 79.9. The number of carbonyl (C=O) groups excluding carboxylic acids is 1. The van der Waals surface area contributed by atoms with Crippen LogP contribution in [-0.4, -0.2) is 13.1 Å². The Morgan fingerprint density at radius 1 is 1.09 bits per heavy atom. The maximum absolute atomic E-state index is 12.3. The zero-order valence-electron chi connectivity index (χ0n) is 13.2. The molecule has 0 bridgehead atoms. The molecule has 0 aliphatic heterocycles. The number of hydrogen-bond acceptors (Lipinski definition) is 3. The van der Waals surface area contributed by atoms with Crippen molar-refractivity contribution in [1.82, 2.24) is 0 Å². The molecule has 122 valence electrons. The third-order valence-corrected chi connectivity index (χ3v) is 4.97. The number of methoxy groups -OCH3 is 1. The summed E-state index contributed by atoms with van der Waals surface area (Å²) >= 11 is 6.84. The van der Waals surface area contributed by atoms with Crippen molar-refractivity contribution in [3.05, 3.63) is 56.5 Å². The van der Waals surface area contributed by atoms with Gasteiger partial charge < -0.3 is 9.47 Å². The molecule has 0 heterocycles. The van der Waals surface area contributed by atoms with E-state index in [0.717, 1.165) is 10.9 Å². The van der Waals surface area contributed by atoms with E-state index in [1.165, 1.54) is 5.56 Å². The van der Waals surface area contributed by atoms with Crippen molar-refractivity contribution in [3.8, 4) is 11.5 Å². The smallest absolute Gasteiger partial charge is 0.343 e. The van der Waals surface area contributed by atoms with Crippen LogP contribution < -0.4 is 9.47 Å². The minimum absolute atomic E-state index is 0.412. The topological polar surface area (TPSA) is 35.5 Å². The lowest BCUT2D eigenvalue weighted by atomic mass is 9.99. The van der Waals surface area contributed by atoms with Gasteiger partial charge in [0.1, 0.15) is 11.5 Å². The Morgan fingerprint density at radius 3 is 2.30 bits per heavy atom. The maximum atomic E-state index is 12.3. The van der Waals surface area contributed by atoms with Gasteiger partial charge in [-0.25, -0.2) is 4.79 Å². The molecule has 0 radical (unpaired) electrons. The molecular weight excluding hydrogens is 424 g/mol. The highest BCUT2D eigenvalue weighted by Crippen LogP contribution is 2.31. The molecule has 0 fully saturated rings. The molecule has 2 aromatic rings. The highest BCUT2D eigenvalue weighted by Gasteiger charge is 2.14. The first kappa shape index (κ1) is 18.0. The number of carbonyl (C=O) groups is 1. The molecule has 23 heavy (non-hydrogen) atoms. The third kappa shape index (κ3) is 4.36. The van der Waals surface area contributed by atoms with Crippen molar-refractivity contribution in [2.75, 3.05) is 7.11 Å². The van der Waals surface area contributed by atoms with Crippen LogP contribution in [0.1, 0.15) is 42.1 Å². The first-order chi connectivity index (χ1) is 11.0. The molecule has 0 saturated carbocycles. The minimum Gasteiger partial charge on any atom is -0.496 e. The molecule has 0 aliphatic rings. The number of esters is 1. The highest BCUT2D eigenvalue weighted by molar-refractivity contribution is 9.10. The number of ether oxygens (including phenoxy) is 2. The van der Waals surface area contributed by atoms with Crippen LogP contribution in [-0.2, 0) is 0 Å². The Labute approximate surface area is 153 Å². The molecule has 1 atom stereocenters. The van der Waals surface area contributed by atoms with E-state index in [1.807, 2.05) is 18.2 Å². The van der Waals surface area contributed by atoms with Crippen LogP contribution >= 0.6 is 31.9 Å². The summed E-state index contributed by atoms with van der Waals surface area (Å²) < 4.78 is 12.1. The van der Waals surface area contributed by atoms with Gasteiger partial charge in [-0.05, 0) is 80.1 Å². The first-order valence-electron chi connectivity index (χ1n) is 7.31. The Bertz CT molecular complexity index is 713. The monoisotopic (exact) mass is 440 g/mol. The molecule has 0 N–H and O–H groups in total. The average molecular weight is 442 g/mol. The molecule has 0 aliphatic carbocycles. The molecular formula is C18H18Br2O3. The van der Waals surface area contributed by atoms with Gasteiger partial charge in [0, 0.05) is 0 Å². The van der Waals surface area contributed by atoms with Gasteiger partial charge in [0.05, 0.1) is 21.6 Å². The van der Waals surface area contributed by atoms with Crippen LogP contribution in [0.4, 0.5) is 0 Å². The van der Waals surface area contributed by atoms with Crippen LogP contribution in [0.3, 0.4) is 0 Å². The standard InChI is InChI=1S/C18H18Br2O3/c1-4-11(2)12-5-8-17(15(20)9-12)23-18(21)13-6-7-16(22-3)14(19)10-13/h5-11H,4H2,1-3H3. The van der Waals surface area contributed by atoms with E-state index in [4.69, 9.17) is 9.47 Å². The number of benzene rings is 2. The quantitative estimate of drug-likeness (QED) is 0.424. The fourth-order valence-electron chi connectivity index (χ4n) is 2.09. The van der Waals surface area contributed by atoms with Crippen LogP contribution in [0.15, 0.2) is 45.3 Å². The van der Waals surface area contributed by atoms with Crippen molar-refractivity contribution in [3.63, 3.8) is 0 Å². The van der Waals surface area contributed by atoms with Crippen molar-refractivity contribution in [1.29, 1.82) is 0 Å². The summed E-state index contributed by atoms with van der Waals surface area (Å²) in [5.41, 5.74) is 1.67. The lowest BCUT2D eigenvalue weighted by molar-refractivity contribution is 0.0733. The molecule has 5 heteroatoms. The van der Waals surface area contributed by atoms with E-state index in [0.29, 0.717) is 27.5 Å². The summed E-state index contributed by atoms with van der Waals surface area (Å²) in [5, 5.41) is 0. The van der Waals surface area contributed by atoms with Crippen molar-refractivity contribution >= 4 is 37.8 Å². The van der Waals surface area contributed by atoms with Crippen LogP contribution in [0.5, 0.6) is 11.5 Å². The molecule has 2 aromatic carbocycles. The van der Waals surface area contributed by atoms with Crippen LogP contribution in [0.25, 0.3) is 0 Å². The predicted molar refractivity (Wildman–Crippen MR) is 98.5 cm³/mol. The minimum atomic E-state index is -0.412. The van der Waals surface area contributed by atoms with E-state index >= 15 is 0 Å². The van der Waals surface area contributed by atoms with E-state index in [2.05, 4.69) is 45.7 Å². The second-order valence-corrected chi connectivity index (χ2v) is 6.95. The molecule has 0 amide bonds. The maximum Gasteiger partial charge on any atom is 0.343 e. The Morgan fingerprint density at radius 2 is 1.74 bits per heavy atom. The molecule has 0 aromatic heterocycles. The van der Waals surface area contributed by atoms with Gasteiger partial charge in [-0.15, -0.1) is 0 Å². The summed E-state index contributed by atoms with van der Waals surface area (Å²) in [6, 6.07) is 10.9. The number of halogens is 2. The Hall–Kier alpha value is -1.33. The SMILES string of the molecule is CCC(C)c1ccc(OC(=O)c2ccc(OC)c(Br)c2)c(Br)c1. The van der Waals surface area contributed by atoms with Crippen LogP contribution in [0, 0.1) is 0 Å². The van der Waals surface area contributed by atoms with E-state index in [-0.39, 0.29) is 0 Å². The van der Waals surface area contributed by atoms with Gasteiger partial charge >= 0.3 is 5.97 Å². The fraction of sp³-hybridized carbons (Fsp3) is 0.278. The summed E-state index contributed by atoms with van der Waals surface area (Å²) in [7, 11) is 1.58. The second-order valence-electron chi connectivity index (χ2n) is 5.24. The van der Waals surface area contributed by atoms with Crippen molar-refractivity contribution in [2.45, 2.75) is 26.2 Å². The average Bonchev–Trinajstić information content (AvgIpc) is 2.55. The van der Waals surface area contributed by atoms with Gasteiger partial charge in [0.15, 0.2) is 0 Å². The lowest BCUT2D eigenvalue weighted by Crippen LogP contribution is -2.09. The summed E-state index contributed by atoms with van der Waals surface area (Å²) in [6.45, 7) is 4.32. The molecule has 0 spiro atoms. The molecule has 2 rings (SSSR count). The van der Waals surface area contributed by atoms with Gasteiger partial charge in [-0.3, -0.25) is 0 Å². The zero-order valence-corrected chi connectivity index (χ0v) is 16.4. The van der Waals surface area contributed by atoms with Crippen molar-refractivity contribution in [2.24, 2.45) is 0 Å². The van der Waals surface area contributed by atoms with Gasteiger partial charge in [0.25, 0.3) is 0 Å². The van der Waals surface area contributed by atoms with Gasteiger partial charge in [-0.2, -0.15) is 0 Å². The Kier molecular flexibility index (Phi) is 6.25. The first-order valence-corrected chi connectivity index (χ1v) is 8.90. The predicted octanol–water partition coefficient (Wildman–Crippen LogP) is 5.95.